The lowest BCUT2D eigenvalue weighted by molar-refractivity contribution is -0.136. The van der Waals surface area contributed by atoms with Crippen LogP contribution in [0.15, 0.2) is 30.5 Å². The van der Waals surface area contributed by atoms with Gasteiger partial charge in [-0.1, -0.05) is 12.1 Å². The Bertz CT molecular complexity index is 542. The van der Waals surface area contributed by atoms with Crippen LogP contribution in [0.4, 0.5) is 13.2 Å². The highest BCUT2D eigenvalue weighted by Gasteiger charge is 2.33. The van der Waals surface area contributed by atoms with E-state index in [2.05, 4.69) is 4.98 Å². The lowest BCUT2D eigenvalue weighted by atomic mass is 10.0. The van der Waals surface area contributed by atoms with Crippen LogP contribution in [0, 0.1) is 0 Å². The van der Waals surface area contributed by atoms with Crippen LogP contribution in [0.2, 0.25) is 0 Å². The number of aromatic nitrogens is 1. The average Bonchev–Trinajstić information content (AvgIpc) is 2.26. The molecular weight excluding hydrogens is 229 g/mol. The van der Waals surface area contributed by atoms with Gasteiger partial charge in [-0.05, 0) is 24.4 Å². The van der Waals surface area contributed by atoms with Gasteiger partial charge in [0.1, 0.15) is 0 Å². The zero-order valence-electron chi connectivity index (χ0n) is 9.12. The fourth-order valence-corrected chi connectivity index (χ4v) is 1.84. The molecule has 1 aromatic carbocycles. The van der Waals surface area contributed by atoms with Crippen LogP contribution < -0.4 is 5.73 Å². The van der Waals surface area contributed by atoms with Gasteiger partial charge in [-0.15, -0.1) is 0 Å². The molecule has 0 spiro atoms. The van der Waals surface area contributed by atoms with Gasteiger partial charge in [0.05, 0.1) is 11.3 Å². The van der Waals surface area contributed by atoms with Gasteiger partial charge < -0.3 is 5.73 Å². The summed E-state index contributed by atoms with van der Waals surface area (Å²) in [5.74, 6) is 0. The number of alkyl halides is 3. The third-order valence-corrected chi connectivity index (χ3v) is 2.56. The lowest BCUT2D eigenvalue weighted by Gasteiger charge is -2.14. The summed E-state index contributed by atoms with van der Waals surface area (Å²) < 4.78 is 38.7. The number of benzene rings is 1. The molecule has 17 heavy (non-hydrogen) atoms. The second-order valence-electron chi connectivity index (χ2n) is 3.89. The van der Waals surface area contributed by atoms with Crippen molar-refractivity contribution in [1.82, 2.24) is 4.98 Å². The quantitative estimate of drug-likeness (QED) is 0.830. The van der Waals surface area contributed by atoms with Crippen LogP contribution in [-0.2, 0) is 6.18 Å². The van der Waals surface area contributed by atoms with Crippen molar-refractivity contribution in [2.75, 3.05) is 0 Å². The summed E-state index contributed by atoms with van der Waals surface area (Å²) in [6, 6.07) is 5.07. The van der Waals surface area contributed by atoms with E-state index in [-0.39, 0.29) is 11.1 Å². The normalized spacial score (nSPS) is 13.9. The maximum absolute atomic E-state index is 12.9. The summed E-state index contributed by atoms with van der Waals surface area (Å²) >= 11 is 0. The zero-order valence-corrected chi connectivity index (χ0v) is 9.12. The highest BCUT2D eigenvalue weighted by atomic mass is 19.4. The van der Waals surface area contributed by atoms with Gasteiger partial charge in [0.2, 0.25) is 0 Å². The molecule has 1 atom stereocenters. The first-order chi connectivity index (χ1) is 7.91. The Kier molecular flexibility index (Phi) is 2.79. The van der Waals surface area contributed by atoms with E-state index in [1.165, 1.54) is 12.3 Å². The molecule has 0 saturated carbocycles. The molecule has 5 heteroatoms. The van der Waals surface area contributed by atoms with Gasteiger partial charge in [0.25, 0.3) is 0 Å². The lowest BCUT2D eigenvalue weighted by Crippen LogP contribution is -2.12. The molecular formula is C12H11F3N2. The Morgan fingerprint density at radius 3 is 2.53 bits per heavy atom. The van der Waals surface area contributed by atoms with Gasteiger partial charge in [-0.25, -0.2) is 0 Å². The monoisotopic (exact) mass is 240 g/mol. The number of nitrogens with zero attached hydrogens (tertiary/aromatic N) is 1. The Morgan fingerprint density at radius 1 is 1.24 bits per heavy atom. The van der Waals surface area contributed by atoms with Gasteiger partial charge in [0, 0.05) is 17.6 Å². The number of fused-ring (bicyclic) bond motifs is 1. The molecule has 0 aliphatic rings. The van der Waals surface area contributed by atoms with E-state index < -0.39 is 17.8 Å². The van der Waals surface area contributed by atoms with Gasteiger partial charge >= 0.3 is 6.18 Å². The second-order valence-corrected chi connectivity index (χ2v) is 3.89. The molecule has 0 radical (unpaired) electrons. The average molecular weight is 240 g/mol. The van der Waals surface area contributed by atoms with E-state index in [9.17, 15) is 13.2 Å². The number of pyridine rings is 1. The van der Waals surface area contributed by atoms with Crippen LogP contribution in [0.3, 0.4) is 0 Å². The van der Waals surface area contributed by atoms with Gasteiger partial charge in [0.15, 0.2) is 0 Å². The van der Waals surface area contributed by atoms with Crippen molar-refractivity contribution in [1.29, 1.82) is 0 Å². The highest BCUT2D eigenvalue weighted by Crippen LogP contribution is 2.36. The minimum atomic E-state index is -4.40. The minimum Gasteiger partial charge on any atom is -0.323 e. The summed E-state index contributed by atoms with van der Waals surface area (Å²) in [5.41, 5.74) is 5.25. The molecule has 0 saturated heterocycles. The molecule has 2 rings (SSSR count). The first-order valence-corrected chi connectivity index (χ1v) is 5.11. The van der Waals surface area contributed by atoms with Crippen LogP contribution in [0.5, 0.6) is 0 Å². The van der Waals surface area contributed by atoms with E-state index in [0.29, 0.717) is 5.39 Å². The van der Waals surface area contributed by atoms with Gasteiger partial charge in [-0.3, -0.25) is 4.98 Å². The Hall–Kier alpha value is -1.62. The van der Waals surface area contributed by atoms with Crippen LogP contribution in [0.25, 0.3) is 10.8 Å². The molecule has 2 N–H and O–H groups in total. The number of hydrogen-bond acceptors (Lipinski definition) is 2. The van der Waals surface area contributed by atoms with Crippen molar-refractivity contribution >= 4 is 10.8 Å². The van der Waals surface area contributed by atoms with Crippen molar-refractivity contribution in [2.24, 2.45) is 5.73 Å². The molecule has 2 nitrogen and oxygen atoms in total. The summed E-state index contributed by atoms with van der Waals surface area (Å²) in [4.78, 5) is 3.96. The predicted octanol–water partition coefficient (Wildman–Crippen LogP) is 3.27. The second kappa shape index (κ2) is 4.00. The van der Waals surface area contributed by atoms with Crippen molar-refractivity contribution in [3.8, 4) is 0 Å². The Balaban J connectivity index is 2.86. The molecule has 0 amide bonds. The van der Waals surface area contributed by atoms with Gasteiger partial charge in [-0.2, -0.15) is 13.2 Å². The number of rotatable bonds is 1. The first kappa shape index (κ1) is 11.9. The SMILES string of the molecule is CC(N)c1nccc2cccc(C(F)(F)F)c12. The highest BCUT2D eigenvalue weighted by molar-refractivity contribution is 5.88. The van der Waals surface area contributed by atoms with E-state index in [0.717, 1.165) is 6.07 Å². The topological polar surface area (TPSA) is 38.9 Å². The predicted molar refractivity (Wildman–Crippen MR) is 59.3 cm³/mol. The third kappa shape index (κ3) is 2.10. The number of halogens is 3. The molecule has 0 fully saturated rings. The molecule has 2 aromatic rings. The largest absolute Gasteiger partial charge is 0.417 e. The minimum absolute atomic E-state index is 0.0949. The maximum Gasteiger partial charge on any atom is 0.417 e. The Labute approximate surface area is 96.3 Å². The maximum atomic E-state index is 12.9. The van der Waals surface area contributed by atoms with Crippen LogP contribution in [0.1, 0.15) is 24.2 Å². The third-order valence-electron chi connectivity index (χ3n) is 2.56. The molecule has 90 valence electrons. The van der Waals surface area contributed by atoms with E-state index in [1.54, 1.807) is 19.1 Å². The van der Waals surface area contributed by atoms with E-state index >= 15 is 0 Å². The molecule has 1 unspecified atom stereocenters. The smallest absolute Gasteiger partial charge is 0.323 e. The van der Waals surface area contributed by atoms with E-state index in [4.69, 9.17) is 5.73 Å². The molecule has 0 bridgehead atoms. The fourth-order valence-electron chi connectivity index (χ4n) is 1.84. The van der Waals surface area contributed by atoms with Crippen molar-refractivity contribution in [3.63, 3.8) is 0 Å². The fraction of sp³-hybridized carbons (Fsp3) is 0.250. The summed E-state index contributed by atoms with van der Waals surface area (Å²) in [6.07, 6.45) is -2.92. The molecule has 0 aliphatic heterocycles. The standard InChI is InChI=1S/C12H11F3N2/c1-7(16)11-10-8(5-6-17-11)3-2-4-9(10)12(13,14)15/h2-7H,16H2,1H3. The van der Waals surface area contributed by atoms with Crippen molar-refractivity contribution in [3.05, 3.63) is 41.7 Å². The molecule has 0 aliphatic carbocycles. The van der Waals surface area contributed by atoms with Crippen LogP contribution >= 0.6 is 0 Å². The molecule has 1 aromatic heterocycles. The number of nitrogens with two attached hydrogens (primary N) is 1. The Morgan fingerprint density at radius 2 is 1.94 bits per heavy atom. The van der Waals surface area contributed by atoms with Crippen LogP contribution in [-0.4, -0.2) is 4.98 Å². The van der Waals surface area contributed by atoms with Crippen molar-refractivity contribution < 1.29 is 13.2 Å². The van der Waals surface area contributed by atoms with Crippen molar-refractivity contribution in [2.45, 2.75) is 19.1 Å². The molecule has 1 heterocycles. The first-order valence-electron chi connectivity index (χ1n) is 5.11. The van der Waals surface area contributed by atoms with E-state index in [1.807, 2.05) is 0 Å². The summed E-state index contributed by atoms with van der Waals surface area (Å²) in [5, 5.41) is 0.597. The summed E-state index contributed by atoms with van der Waals surface area (Å²) in [7, 11) is 0. The zero-order chi connectivity index (χ0) is 12.6. The number of hydrogen-bond donors (Lipinski definition) is 1. The summed E-state index contributed by atoms with van der Waals surface area (Å²) in [6.45, 7) is 1.62.